The van der Waals surface area contributed by atoms with Gasteiger partial charge >= 0.3 is 0 Å². The van der Waals surface area contributed by atoms with Crippen molar-refractivity contribution in [2.24, 2.45) is 0 Å². The van der Waals surface area contributed by atoms with Crippen molar-refractivity contribution in [2.45, 2.75) is 55.9 Å². The monoisotopic (exact) mass is 693 g/mol. The molecule has 260 valence electrons. The second kappa shape index (κ2) is 11.5. The summed E-state index contributed by atoms with van der Waals surface area (Å²) >= 11 is 0. The molecule has 0 radical (unpaired) electrons. The molecule has 11 rings (SSSR count). The maximum Gasteiger partial charge on any atom is 0.0714 e. The molecule has 0 bridgehead atoms. The lowest BCUT2D eigenvalue weighted by molar-refractivity contribution is 0.195. The van der Waals surface area contributed by atoms with E-state index in [4.69, 9.17) is 0 Å². The fourth-order valence-corrected chi connectivity index (χ4v) is 11.1. The quantitative estimate of drug-likeness (QED) is 0.166. The Labute approximate surface area is 318 Å². The first kappa shape index (κ1) is 31.6. The first-order valence-corrected chi connectivity index (χ1v) is 19.7. The van der Waals surface area contributed by atoms with Crippen molar-refractivity contribution in [3.05, 3.63) is 204 Å². The second-order valence-electron chi connectivity index (χ2n) is 16.3. The van der Waals surface area contributed by atoms with E-state index < -0.39 is 5.41 Å². The van der Waals surface area contributed by atoms with Crippen LogP contribution in [0.2, 0.25) is 0 Å². The molecule has 2 aliphatic carbocycles. The van der Waals surface area contributed by atoms with Gasteiger partial charge in [-0.3, -0.25) is 0 Å². The Morgan fingerprint density at radius 1 is 0.463 bits per heavy atom. The lowest BCUT2D eigenvalue weighted by atomic mass is 9.61. The first-order chi connectivity index (χ1) is 26.5. The van der Waals surface area contributed by atoms with E-state index in [1.807, 2.05) is 0 Å². The lowest BCUT2D eigenvalue weighted by Crippen LogP contribution is -2.54. The molecule has 3 aliphatic rings. The summed E-state index contributed by atoms with van der Waals surface area (Å²) in [7, 11) is 0. The van der Waals surface area contributed by atoms with Crippen LogP contribution >= 0.6 is 0 Å². The largest absolute Gasteiger partial charge is 0.334 e. The normalized spacial score (nSPS) is 20.7. The average molecular weight is 694 g/mol. The van der Waals surface area contributed by atoms with Crippen LogP contribution in [0.1, 0.15) is 67.3 Å². The van der Waals surface area contributed by atoms with Gasteiger partial charge in [0.1, 0.15) is 0 Å². The van der Waals surface area contributed by atoms with Crippen LogP contribution < -0.4 is 4.90 Å². The summed E-state index contributed by atoms with van der Waals surface area (Å²) in [6.07, 6.45) is 4.94. The van der Waals surface area contributed by atoms with E-state index in [9.17, 15) is 0 Å². The van der Waals surface area contributed by atoms with E-state index in [0.29, 0.717) is 0 Å². The zero-order valence-corrected chi connectivity index (χ0v) is 31.0. The van der Waals surface area contributed by atoms with Gasteiger partial charge in [-0.2, -0.15) is 0 Å². The molecule has 0 saturated heterocycles. The summed E-state index contributed by atoms with van der Waals surface area (Å²) in [5.41, 5.74) is 14.3. The molecule has 1 saturated carbocycles. The SMILES string of the molecule is CC12CCCCC1(C)N(c1ccccc1)c1ccc(-c3ccc4c(c3)C(c3ccccc3)(c3ccccc3)c3ccc5c(ccc6ccccc65)c3-4)cc12. The van der Waals surface area contributed by atoms with Crippen LogP contribution in [-0.4, -0.2) is 5.54 Å². The van der Waals surface area contributed by atoms with Crippen LogP contribution in [-0.2, 0) is 10.8 Å². The second-order valence-corrected chi connectivity index (χ2v) is 16.3. The Kier molecular flexibility index (Phi) is 6.75. The van der Waals surface area contributed by atoms with Crippen molar-refractivity contribution in [3.8, 4) is 22.3 Å². The number of fused-ring (bicyclic) bond motifs is 10. The van der Waals surface area contributed by atoms with Crippen molar-refractivity contribution < 1.29 is 0 Å². The van der Waals surface area contributed by atoms with E-state index in [2.05, 4.69) is 195 Å². The zero-order chi connectivity index (χ0) is 36.1. The minimum absolute atomic E-state index is 0.0220. The Bertz CT molecular complexity index is 2710. The van der Waals surface area contributed by atoms with Crippen LogP contribution in [0.5, 0.6) is 0 Å². The van der Waals surface area contributed by atoms with Crippen molar-refractivity contribution >= 4 is 32.9 Å². The van der Waals surface area contributed by atoms with E-state index in [1.165, 1.54) is 109 Å². The molecule has 1 fully saturated rings. The number of hydrogen-bond acceptors (Lipinski definition) is 1. The molecular weight excluding hydrogens is 651 g/mol. The summed E-state index contributed by atoms with van der Waals surface area (Å²) in [5, 5.41) is 5.21. The maximum atomic E-state index is 2.68. The number of anilines is 2. The number of hydrogen-bond donors (Lipinski definition) is 0. The van der Waals surface area contributed by atoms with Crippen molar-refractivity contribution in [1.82, 2.24) is 0 Å². The number of para-hydroxylation sites is 1. The number of benzene rings is 8. The predicted molar refractivity (Wildman–Crippen MR) is 227 cm³/mol. The fraction of sp³-hybridized carbons (Fsp3) is 0.170. The average Bonchev–Trinajstić information content (AvgIpc) is 3.65. The molecule has 0 N–H and O–H groups in total. The zero-order valence-electron chi connectivity index (χ0n) is 31.0. The van der Waals surface area contributed by atoms with Gasteiger partial charge in [0, 0.05) is 16.8 Å². The van der Waals surface area contributed by atoms with E-state index in [-0.39, 0.29) is 11.0 Å². The molecule has 1 heterocycles. The molecule has 54 heavy (non-hydrogen) atoms. The highest BCUT2D eigenvalue weighted by Gasteiger charge is 2.57. The van der Waals surface area contributed by atoms with Gasteiger partial charge in [0.25, 0.3) is 0 Å². The minimum atomic E-state index is -0.474. The Morgan fingerprint density at radius 3 is 1.81 bits per heavy atom. The highest BCUT2D eigenvalue weighted by Crippen LogP contribution is 2.62. The number of nitrogens with zero attached hydrogens (tertiary/aromatic N) is 1. The molecule has 8 aromatic rings. The number of rotatable bonds is 4. The molecule has 1 aliphatic heterocycles. The first-order valence-electron chi connectivity index (χ1n) is 19.7. The topological polar surface area (TPSA) is 3.24 Å². The van der Waals surface area contributed by atoms with Gasteiger partial charge in [-0.1, -0.05) is 165 Å². The lowest BCUT2D eigenvalue weighted by Gasteiger charge is -2.50. The minimum Gasteiger partial charge on any atom is -0.334 e. The Balaban J connectivity index is 1.18. The van der Waals surface area contributed by atoms with Crippen LogP contribution in [0.3, 0.4) is 0 Å². The molecule has 2 unspecified atom stereocenters. The van der Waals surface area contributed by atoms with Gasteiger partial charge in [0.05, 0.1) is 11.0 Å². The third-order valence-corrected chi connectivity index (χ3v) is 13.9. The van der Waals surface area contributed by atoms with Gasteiger partial charge in [-0.25, -0.2) is 0 Å². The molecule has 1 nitrogen and oxygen atoms in total. The summed E-state index contributed by atoms with van der Waals surface area (Å²) in [4.78, 5) is 2.68. The van der Waals surface area contributed by atoms with Gasteiger partial charge in [-0.15, -0.1) is 0 Å². The molecule has 0 amide bonds. The standard InChI is InChI=1S/C53H43N/c1-51-32-14-15-33-52(51,2)54(41-21-10-5-11-22-41)49-31-26-38(35-48(49)51)37-25-28-45-47(34-37)53(39-17-6-3-7-18-39,40-19-8-4-9-20-40)46-30-29-43-42-23-13-12-16-36(42)24-27-44(43)50(45)46/h3-13,16-31,34-35H,14-15,32-33H2,1-2H3. The Morgan fingerprint density at radius 2 is 1.07 bits per heavy atom. The molecular formula is C53H43N. The van der Waals surface area contributed by atoms with Crippen LogP contribution in [0.4, 0.5) is 11.4 Å². The third kappa shape index (κ3) is 4.10. The predicted octanol–water partition coefficient (Wildman–Crippen LogP) is 13.8. The highest BCUT2D eigenvalue weighted by molar-refractivity contribution is 6.14. The summed E-state index contributed by atoms with van der Waals surface area (Å²) < 4.78 is 0. The fourth-order valence-electron chi connectivity index (χ4n) is 11.1. The molecule has 8 aromatic carbocycles. The van der Waals surface area contributed by atoms with Crippen molar-refractivity contribution in [2.75, 3.05) is 4.90 Å². The van der Waals surface area contributed by atoms with Crippen molar-refractivity contribution in [1.29, 1.82) is 0 Å². The van der Waals surface area contributed by atoms with Crippen LogP contribution in [0, 0.1) is 0 Å². The molecule has 2 atom stereocenters. The van der Waals surface area contributed by atoms with Crippen molar-refractivity contribution in [3.63, 3.8) is 0 Å². The molecule has 1 heteroatoms. The van der Waals surface area contributed by atoms with E-state index in [1.54, 1.807) is 0 Å². The van der Waals surface area contributed by atoms with Gasteiger partial charge in [0.15, 0.2) is 0 Å². The highest BCUT2D eigenvalue weighted by atomic mass is 15.3. The maximum absolute atomic E-state index is 2.68. The van der Waals surface area contributed by atoms with Crippen LogP contribution in [0.25, 0.3) is 43.8 Å². The molecule has 0 aromatic heterocycles. The summed E-state index contributed by atoms with van der Waals surface area (Å²) in [6, 6.07) is 66.6. The molecule has 0 spiro atoms. The van der Waals surface area contributed by atoms with Gasteiger partial charge < -0.3 is 4.90 Å². The third-order valence-electron chi connectivity index (χ3n) is 13.9. The van der Waals surface area contributed by atoms with E-state index in [0.717, 1.165) is 0 Å². The smallest absolute Gasteiger partial charge is 0.0714 e. The van der Waals surface area contributed by atoms with Gasteiger partial charge in [-0.05, 0) is 122 Å². The Hall–Kier alpha value is -5.92. The van der Waals surface area contributed by atoms with Gasteiger partial charge in [0.2, 0.25) is 0 Å². The van der Waals surface area contributed by atoms with Crippen LogP contribution in [0.15, 0.2) is 176 Å². The summed E-state index contributed by atoms with van der Waals surface area (Å²) in [5.74, 6) is 0. The summed E-state index contributed by atoms with van der Waals surface area (Å²) in [6.45, 7) is 5.06. The van der Waals surface area contributed by atoms with E-state index >= 15 is 0 Å².